The van der Waals surface area contributed by atoms with Crippen LogP contribution in [0.4, 0.5) is 0 Å². The number of hydrogen-bond acceptors (Lipinski definition) is 5. The fraction of sp³-hybridized carbons (Fsp3) is 0.636. The molecule has 1 N–H and O–H groups in total. The van der Waals surface area contributed by atoms with Crippen LogP contribution in [0.15, 0.2) is 10.9 Å². The Kier molecular flexibility index (Phi) is 4.54. The molecule has 0 aliphatic carbocycles. The van der Waals surface area contributed by atoms with E-state index in [0.717, 1.165) is 19.1 Å². The second kappa shape index (κ2) is 5.98. The highest BCUT2D eigenvalue weighted by Crippen LogP contribution is 2.18. The Hall–Kier alpha value is -0.990. The smallest absolute Gasteiger partial charge is 0.273 e. The minimum absolute atomic E-state index is 0.0645. The predicted molar refractivity (Wildman–Crippen MR) is 73.6 cm³/mol. The van der Waals surface area contributed by atoms with Crippen LogP contribution in [0.25, 0.3) is 0 Å². The van der Waals surface area contributed by atoms with Gasteiger partial charge >= 0.3 is 0 Å². The molecule has 1 aliphatic heterocycles. The van der Waals surface area contributed by atoms with Crippen LogP contribution in [0.2, 0.25) is 0 Å². The van der Waals surface area contributed by atoms with Crippen molar-refractivity contribution in [2.24, 2.45) is 5.92 Å². The van der Waals surface area contributed by atoms with Crippen LogP contribution in [-0.4, -0.2) is 50.1 Å². The summed E-state index contributed by atoms with van der Waals surface area (Å²) in [5, 5.41) is 1.74. The number of likely N-dealkylation sites (tertiary alicyclic amines) is 1. The van der Waals surface area contributed by atoms with Crippen LogP contribution in [0.1, 0.15) is 23.3 Å². The number of hydrogen-bond donors (Lipinski definition) is 1. The van der Waals surface area contributed by atoms with E-state index in [1.165, 1.54) is 11.3 Å². The van der Waals surface area contributed by atoms with Crippen molar-refractivity contribution in [3.05, 3.63) is 16.6 Å². The highest BCUT2D eigenvalue weighted by atomic mass is 32.2. The summed E-state index contributed by atoms with van der Waals surface area (Å²) in [4.78, 5) is 17.9. The second-order valence-corrected chi connectivity index (χ2v) is 7.31. The molecular weight excluding hydrogens is 286 g/mol. The Balaban J connectivity index is 1.92. The van der Waals surface area contributed by atoms with E-state index in [1.807, 2.05) is 0 Å². The molecule has 2 heterocycles. The molecule has 0 aromatic carbocycles. The highest BCUT2D eigenvalue weighted by Gasteiger charge is 2.25. The lowest BCUT2D eigenvalue weighted by Gasteiger charge is -2.32. The summed E-state index contributed by atoms with van der Waals surface area (Å²) in [5.41, 5.74) is 2.11. The molecule has 8 heteroatoms. The van der Waals surface area contributed by atoms with Gasteiger partial charge in [-0.1, -0.05) is 0 Å². The zero-order chi connectivity index (χ0) is 13.9. The van der Waals surface area contributed by atoms with E-state index in [4.69, 9.17) is 0 Å². The Morgan fingerprint density at radius 1 is 1.63 bits per heavy atom. The predicted octanol–water partition coefficient (Wildman–Crippen LogP) is 0.544. The first-order valence-electron chi connectivity index (χ1n) is 6.08. The molecule has 6 nitrogen and oxygen atoms in total. The Bertz CT molecular complexity index is 527. The maximum atomic E-state index is 12.1. The molecule has 1 fully saturated rings. The van der Waals surface area contributed by atoms with Gasteiger partial charge in [0.2, 0.25) is 10.0 Å². The largest absolute Gasteiger partial charge is 0.337 e. The monoisotopic (exact) mass is 303 g/mol. The lowest BCUT2D eigenvalue weighted by Crippen LogP contribution is -2.43. The number of rotatable bonds is 4. The van der Waals surface area contributed by atoms with E-state index in [1.54, 1.807) is 15.8 Å². The molecule has 19 heavy (non-hydrogen) atoms. The lowest BCUT2D eigenvalue weighted by atomic mass is 9.98. The third kappa shape index (κ3) is 4.26. The first kappa shape index (κ1) is 14.4. The highest BCUT2D eigenvalue weighted by molar-refractivity contribution is 7.88. The van der Waals surface area contributed by atoms with E-state index < -0.39 is 10.0 Å². The summed E-state index contributed by atoms with van der Waals surface area (Å²) < 4.78 is 24.7. The molecule has 1 unspecified atom stereocenters. The summed E-state index contributed by atoms with van der Waals surface area (Å²) >= 11 is 1.40. The molecular formula is C11H17N3O3S2. The molecule has 1 aromatic heterocycles. The molecule has 1 aromatic rings. The molecule has 2 rings (SSSR count). The zero-order valence-electron chi connectivity index (χ0n) is 10.7. The average Bonchev–Trinajstić information content (AvgIpc) is 2.89. The number of nitrogens with zero attached hydrogens (tertiary/aromatic N) is 2. The summed E-state index contributed by atoms with van der Waals surface area (Å²) in [6.45, 7) is 1.68. The first-order chi connectivity index (χ1) is 8.96. The van der Waals surface area contributed by atoms with Gasteiger partial charge in [0.05, 0.1) is 11.8 Å². The Morgan fingerprint density at radius 2 is 2.42 bits per heavy atom. The van der Waals surface area contributed by atoms with Gasteiger partial charge in [-0.25, -0.2) is 18.1 Å². The summed E-state index contributed by atoms with van der Waals surface area (Å²) in [7, 11) is -3.17. The van der Waals surface area contributed by atoms with Crippen molar-refractivity contribution in [2.75, 3.05) is 25.9 Å². The number of aromatic nitrogens is 1. The fourth-order valence-corrected chi connectivity index (χ4v) is 3.23. The number of carbonyl (C=O) groups excluding carboxylic acids is 1. The molecule has 1 amide bonds. The zero-order valence-corrected chi connectivity index (χ0v) is 12.3. The van der Waals surface area contributed by atoms with E-state index >= 15 is 0 Å². The van der Waals surface area contributed by atoms with Gasteiger partial charge in [0.1, 0.15) is 5.69 Å². The van der Waals surface area contributed by atoms with Gasteiger partial charge in [0.25, 0.3) is 5.91 Å². The van der Waals surface area contributed by atoms with Crippen LogP contribution in [0.5, 0.6) is 0 Å². The SMILES string of the molecule is CS(=O)(=O)NCC1CCCN(C(=O)c2cscn2)C1. The summed E-state index contributed by atoms with van der Waals surface area (Å²) in [6, 6.07) is 0. The van der Waals surface area contributed by atoms with Crippen molar-refractivity contribution >= 4 is 27.3 Å². The molecule has 1 saturated heterocycles. The summed E-state index contributed by atoms with van der Waals surface area (Å²) in [5.74, 6) is 0.108. The van der Waals surface area contributed by atoms with Crippen molar-refractivity contribution in [1.29, 1.82) is 0 Å². The minimum atomic E-state index is -3.17. The molecule has 0 bridgehead atoms. The van der Waals surface area contributed by atoms with Crippen LogP contribution >= 0.6 is 11.3 Å². The van der Waals surface area contributed by atoms with E-state index in [2.05, 4.69) is 9.71 Å². The van der Waals surface area contributed by atoms with Gasteiger partial charge in [-0.2, -0.15) is 0 Å². The number of amides is 1. The minimum Gasteiger partial charge on any atom is -0.337 e. The molecule has 0 saturated carbocycles. The molecule has 106 valence electrons. The third-order valence-electron chi connectivity index (χ3n) is 3.09. The topological polar surface area (TPSA) is 79.4 Å². The van der Waals surface area contributed by atoms with Gasteiger partial charge < -0.3 is 4.90 Å². The molecule has 0 spiro atoms. The van der Waals surface area contributed by atoms with Crippen molar-refractivity contribution in [2.45, 2.75) is 12.8 Å². The molecule has 1 aliphatic rings. The number of sulfonamides is 1. The number of thiazole rings is 1. The second-order valence-electron chi connectivity index (χ2n) is 4.75. The van der Waals surface area contributed by atoms with Gasteiger partial charge in [-0.15, -0.1) is 11.3 Å². The van der Waals surface area contributed by atoms with E-state index in [0.29, 0.717) is 25.3 Å². The lowest BCUT2D eigenvalue weighted by molar-refractivity contribution is 0.0671. The quantitative estimate of drug-likeness (QED) is 0.880. The first-order valence-corrected chi connectivity index (χ1v) is 8.91. The van der Waals surface area contributed by atoms with Gasteiger partial charge in [-0.05, 0) is 18.8 Å². The van der Waals surface area contributed by atoms with Gasteiger partial charge in [0, 0.05) is 25.0 Å². The van der Waals surface area contributed by atoms with E-state index in [9.17, 15) is 13.2 Å². The fourth-order valence-electron chi connectivity index (χ4n) is 2.17. The number of piperidine rings is 1. The standard InChI is InChI=1S/C11H17N3O3S2/c1-19(16,17)13-5-9-3-2-4-14(6-9)11(15)10-7-18-8-12-10/h7-9,13H,2-6H2,1H3. The van der Waals surface area contributed by atoms with Gasteiger partial charge in [0.15, 0.2) is 0 Å². The Labute approximate surface area is 116 Å². The maximum Gasteiger partial charge on any atom is 0.273 e. The van der Waals surface area contributed by atoms with Crippen LogP contribution in [-0.2, 0) is 10.0 Å². The molecule has 1 atom stereocenters. The molecule has 0 radical (unpaired) electrons. The van der Waals surface area contributed by atoms with Crippen LogP contribution in [0.3, 0.4) is 0 Å². The maximum absolute atomic E-state index is 12.1. The van der Waals surface area contributed by atoms with Crippen LogP contribution < -0.4 is 4.72 Å². The third-order valence-corrected chi connectivity index (χ3v) is 4.37. The average molecular weight is 303 g/mol. The number of nitrogens with one attached hydrogen (secondary N) is 1. The summed E-state index contributed by atoms with van der Waals surface area (Å²) in [6.07, 6.45) is 2.98. The normalized spacial score (nSPS) is 20.5. The van der Waals surface area contributed by atoms with Crippen molar-refractivity contribution < 1.29 is 13.2 Å². The van der Waals surface area contributed by atoms with Gasteiger partial charge in [-0.3, -0.25) is 4.79 Å². The van der Waals surface area contributed by atoms with Crippen molar-refractivity contribution in [3.8, 4) is 0 Å². The van der Waals surface area contributed by atoms with Crippen molar-refractivity contribution in [3.63, 3.8) is 0 Å². The van der Waals surface area contributed by atoms with E-state index in [-0.39, 0.29) is 11.8 Å². The van der Waals surface area contributed by atoms with Crippen molar-refractivity contribution in [1.82, 2.24) is 14.6 Å². The Morgan fingerprint density at radius 3 is 3.05 bits per heavy atom. The number of carbonyl (C=O) groups is 1. The van der Waals surface area contributed by atoms with Crippen LogP contribution in [0, 0.1) is 5.92 Å².